The Hall–Kier alpha value is -2.56. The maximum atomic E-state index is 11.9. The number of hydrogen-bond donors (Lipinski definition) is 2. The van der Waals surface area contributed by atoms with Gasteiger partial charge in [0.25, 0.3) is 11.8 Å². The van der Waals surface area contributed by atoms with E-state index in [0.29, 0.717) is 0 Å². The topological polar surface area (TPSA) is 135 Å². The summed E-state index contributed by atoms with van der Waals surface area (Å²) in [7, 11) is 0. The van der Waals surface area contributed by atoms with Crippen molar-refractivity contribution in [1.82, 2.24) is 15.2 Å². The van der Waals surface area contributed by atoms with Gasteiger partial charge in [0.15, 0.2) is 5.16 Å². The van der Waals surface area contributed by atoms with Crippen LogP contribution in [0.3, 0.4) is 0 Å². The van der Waals surface area contributed by atoms with Crippen molar-refractivity contribution < 1.29 is 19.5 Å². The molecular formula is C13H16N6O4S. The number of aromatic amines is 1. The lowest BCUT2D eigenvalue weighted by Crippen LogP contribution is -2.60. The maximum absolute atomic E-state index is 11.9. The van der Waals surface area contributed by atoms with Crippen LogP contribution < -0.4 is 20.5 Å². The van der Waals surface area contributed by atoms with Gasteiger partial charge in [-0.25, -0.2) is 4.99 Å². The molecule has 11 heteroatoms. The minimum atomic E-state index is -0.493. The first-order valence-corrected chi connectivity index (χ1v) is 8.40. The van der Waals surface area contributed by atoms with E-state index in [2.05, 4.69) is 20.2 Å². The number of aromatic hydroxyl groups is 1. The lowest BCUT2D eigenvalue weighted by atomic mass is 10.2. The van der Waals surface area contributed by atoms with Gasteiger partial charge in [0, 0.05) is 5.75 Å². The molecule has 2 aromatic heterocycles. The van der Waals surface area contributed by atoms with Crippen LogP contribution in [0.15, 0.2) is 31.7 Å². The standard InChI is InChI=1S/C13H16N6O4S/c20-9-6-10(21)16-13(15-9)24-8-11(22)14-12-7-19(17-23-12)18-4-2-1-3-5-18/h6-7H,1-5,8H2,(H2-,14,15,16,17,20,21,22). The summed E-state index contributed by atoms with van der Waals surface area (Å²) in [5.74, 6) is -0.809. The third-order valence-electron chi connectivity index (χ3n) is 3.34. The van der Waals surface area contributed by atoms with E-state index in [4.69, 9.17) is 4.52 Å². The molecule has 24 heavy (non-hydrogen) atoms. The summed E-state index contributed by atoms with van der Waals surface area (Å²) in [4.78, 5) is 22.7. The number of nitrogens with zero attached hydrogens (tertiary/aromatic N) is 5. The summed E-state index contributed by atoms with van der Waals surface area (Å²) < 4.78 is 5.04. The van der Waals surface area contributed by atoms with Gasteiger partial charge in [-0.3, -0.25) is 9.32 Å². The summed E-state index contributed by atoms with van der Waals surface area (Å²) in [6.45, 7) is 1.77. The summed E-state index contributed by atoms with van der Waals surface area (Å²) >= 11 is 0.962. The number of rotatable bonds is 5. The van der Waals surface area contributed by atoms with E-state index in [-0.39, 0.29) is 16.8 Å². The predicted molar refractivity (Wildman–Crippen MR) is 82.8 cm³/mol. The highest BCUT2D eigenvalue weighted by atomic mass is 32.2. The molecule has 0 saturated carbocycles. The van der Waals surface area contributed by atoms with Gasteiger partial charge in [-0.1, -0.05) is 11.8 Å². The second-order valence-corrected chi connectivity index (χ2v) is 6.14. The number of nitrogens with one attached hydrogen (secondary N) is 1. The molecular weight excluding hydrogens is 336 g/mol. The zero-order valence-electron chi connectivity index (χ0n) is 12.7. The molecule has 0 atom stereocenters. The Morgan fingerprint density at radius 1 is 1.50 bits per heavy atom. The van der Waals surface area contributed by atoms with Crippen LogP contribution in [0.5, 0.6) is 5.88 Å². The van der Waals surface area contributed by atoms with E-state index in [1.54, 1.807) is 11.0 Å². The monoisotopic (exact) mass is 352 g/mol. The average Bonchev–Trinajstić information content (AvgIpc) is 3.01. The van der Waals surface area contributed by atoms with E-state index >= 15 is 0 Å². The summed E-state index contributed by atoms with van der Waals surface area (Å²) in [6.07, 6.45) is 4.95. The molecule has 128 valence electrons. The van der Waals surface area contributed by atoms with E-state index in [1.807, 2.05) is 5.01 Å². The Bertz CT molecular complexity index is 783. The van der Waals surface area contributed by atoms with Crippen molar-refractivity contribution >= 4 is 23.5 Å². The van der Waals surface area contributed by atoms with Crippen molar-refractivity contribution in [3.05, 3.63) is 22.6 Å². The van der Waals surface area contributed by atoms with Crippen LogP contribution >= 0.6 is 11.8 Å². The second kappa shape index (κ2) is 7.34. The fourth-order valence-corrected chi connectivity index (χ4v) is 2.93. The van der Waals surface area contributed by atoms with Gasteiger partial charge in [-0.05, 0) is 25.2 Å². The van der Waals surface area contributed by atoms with Crippen molar-refractivity contribution in [2.75, 3.05) is 23.9 Å². The zero-order valence-corrected chi connectivity index (χ0v) is 13.5. The van der Waals surface area contributed by atoms with Crippen molar-refractivity contribution in [2.45, 2.75) is 24.4 Å². The van der Waals surface area contributed by atoms with Crippen LogP contribution in [0.25, 0.3) is 0 Å². The Labute approximate surface area is 140 Å². The van der Waals surface area contributed by atoms with Gasteiger partial charge >= 0.3 is 5.88 Å². The van der Waals surface area contributed by atoms with Crippen LogP contribution in [0.1, 0.15) is 19.3 Å². The average molecular weight is 352 g/mol. The number of thioether (sulfide) groups is 1. The molecule has 10 nitrogen and oxygen atoms in total. The fraction of sp³-hybridized carbons (Fsp3) is 0.462. The molecule has 0 radical (unpaired) electrons. The number of H-pyrrole nitrogens is 1. The van der Waals surface area contributed by atoms with Gasteiger partial charge in [-0.2, -0.15) is 9.99 Å². The summed E-state index contributed by atoms with van der Waals surface area (Å²) in [5, 5.41) is 27.1. The van der Waals surface area contributed by atoms with Crippen LogP contribution in [-0.4, -0.2) is 45.1 Å². The third kappa shape index (κ3) is 4.25. The van der Waals surface area contributed by atoms with Crippen molar-refractivity contribution in [2.24, 2.45) is 4.99 Å². The SMILES string of the molecule is O=c1cc(O)nc(SC/C([O-])=N/c2c[n+](N3CCCCC3)no2)[nH]1. The Kier molecular flexibility index (Phi) is 4.99. The lowest BCUT2D eigenvalue weighted by Gasteiger charge is -2.17. The molecule has 0 spiro atoms. The molecule has 3 heterocycles. The Morgan fingerprint density at radius 2 is 2.29 bits per heavy atom. The van der Waals surface area contributed by atoms with E-state index in [9.17, 15) is 15.0 Å². The first-order chi connectivity index (χ1) is 11.6. The normalized spacial score (nSPS) is 15.7. The fourth-order valence-electron chi connectivity index (χ4n) is 2.27. The summed E-state index contributed by atoms with van der Waals surface area (Å²) in [5.41, 5.74) is -0.493. The van der Waals surface area contributed by atoms with Gasteiger partial charge in [-0.15, -0.1) is 0 Å². The number of hydrogen-bond acceptors (Lipinski definition) is 9. The third-order valence-corrected chi connectivity index (χ3v) is 4.20. The van der Waals surface area contributed by atoms with Crippen LogP contribution in [0, 0.1) is 0 Å². The smallest absolute Gasteiger partial charge is 0.324 e. The molecule has 1 fully saturated rings. The predicted octanol–water partition coefficient (Wildman–Crippen LogP) is -0.944. The lowest BCUT2D eigenvalue weighted by molar-refractivity contribution is -0.759. The first-order valence-electron chi connectivity index (χ1n) is 7.42. The van der Waals surface area contributed by atoms with Gasteiger partial charge in [0.1, 0.15) is 0 Å². The molecule has 0 aliphatic carbocycles. The van der Waals surface area contributed by atoms with Gasteiger partial charge in [0.2, 0.25) is 11.2 Å². The maximum Gasteiger partial charge on any atom is 0.324 e. The molecule has 0 amide bonds. The van der Waals surface area contributed by atoms with E-state index < -0.39 is 17.3 Å². The van der Waals surface area contributed by atoms with Crippen molar-refractivity contribution in [1.29, 1.82) is 0 Å². The molecule has 2 N–H and O–H groups in total. The highest BCUT2D eigenvalue weighted by Crippen LogP contribution is 2.14. The largest absolute Gasteiger partial charge is 0.861 e. The molecule has 0 unspecified atom stereocenters. The van der Waals surface area contributed by atoms with Crippen LogP contribution in [0.4, 0.5) is 5.88 Å². The number of aliphatic imine (C=N–C) groups is 1. The van der Waals surface area contributed by atoms with Crippen molar-refractivity contribution in [3.63, 3.8) is 0 Å². The Morgan fingerprint density at radius 3 is 3.04 bits per heavy atom. The molecule has 0 aromatic carbocycles. The van der Waals surface area contributed by atoms with Crippen LogP contribution in [0.2, 0.25) is 0 Å². The minimum absolute atomic E-state index is 0.0587. The zero-order chi connectivity index (χ0) is 16.9. The Balaban J connectivity index is 1.61. The molecule has 1 aliphatic heterocycles. The van der Waals surface area contributed by atoms with Gasteiger partial charge in [0.05, 0.1) is 23.9 Å². The molecule has 0 bridgehead atoms. The van der Waals surface area contributed by atoms with Gasteiger partial charge < -0.3 is 15.2 Å². The van der Waals surface area contributed by atoms with Crippen molar-refractivity contribution in [3.8, 4) is 5.88 Å². The highest BCUT2D eigenvalue weighted by molar-refractivity contribution is 7.99. The van der Waals surface area contributed by atoms with E-state index in [0.717, 1.165) is 43.8 Å². The highest BCUT2D eigenvalue weighted by Gasteiger charge is 2.22. The minimum Gasteiger partial charge on any atom is -0.861 e. The molecule has 2 aromatic rings. The quantitative estimate of drug-likeness (QED) is 0.231. The molecule has 1 saturated heterocycles. The number of aromatic nitrogens is 4. The number of piperidine rings is 1. The first kappa shape index (κ1) is 16.3. The molecule has 1 aliphatic rings. The molecule has 3 rings (SSSR count). The van der Waals surface area contributed by atoms with Crippen LogP contribution in [-0.2, 0) is 0 Å². The second-order valence-electron chi connectivity index (χ2n) is 5.18. The van der Waals surface area contributed by atoms with E-state index in [1.165, 1.54) is 6.42 Å². The summed E-state index contributed by atoms with van der Waals surface area (Å²) in [6, 6.07) is 0.949.